The molecule has 0 aromatic heterocycles. The van der Waals surface area contributed by atoms with Crippen molar-refractivity contribution in [2.24, 2.45) is 0 Å². The molecule has 1 aliphatic heterocycles. The molecule has 0 spiro atoms. The second-order valence-electron chi connectivity index (χ2n) is 4.43. The quantitative estimate of drug-likeness (QED) is 0.838. The van der Waals surface area contributed by atoms with E-state index in [0.717, 1.165) is 6.42 Å². The summed E-state index contributed by atoms with van der Waals surface area (Å²) >= 11 is 0. The number of hydrogen-bond donors (Lipinski definition) is 2. The summed E-state index contributed by atoms with van der Waals surface area (Å²) in [5, 5.41) is 18.3. The maximum absolute atomic E-state index is 12.0. The van der Waals surface area contributed by atoms with E-state index in [1.807, 2.05) is 0 Å². The zero-order chi connectivity index (χ0) is 13.1. The van der Waals surface area contributed by atoms with Crippen molar-refractivity contribution in [3.63, 3.8) is 0 Å². The van der Waals surface area contributed by atoms with E-state index in [2.05, 4.69) is 0 Å². The van der Waals surface area contributed by atoms with Gasteiger partial charge in [-0.25, -0.2) is 4.79 Å². The SMILES string of the molecule is O=C(O)[C@H]1CCCN1C(=O)Cc1cccc(O)c1. The first kappa shape index (κ1) is 12.4. The number of likely N-dealkylation sites (tertiary alicyclic amines) is 1. The molecule has 1 amide bonds. The van der Waals surface area contributed by atoms with Gasteiger partial charge in [-0.15, -0.1) is 0 Å². The number of phenolic OH excluding ortho intramolecular Hbond substituents is 1. The van der Waals surface area contributed by atoms with E-state index >= 15 is 0 Å². The molecule has 18 heavy (non-hydrogen) atoms. The second kappa shape index (κ2) is 5.08. The van der Waals surface area contributed by atoms with Crippen molar-refractivity contribution >= 4 is 11.9 Å². The van der Waals surface area contributed by atoms with Crippen LogP contribution in [0.3, 0.4) is 0 Å². The van der Waals surface area contributed by atoms with Gasteiger partial charge in [0.15, 0.2) is 0 Å². The molecular weight excluding hydrogens is 234 g/mol. The number of carboxylic acid groups (broad SMARTS) is 1. The highest BCUT2D eigenvalue weighted by atomic mass is 16.4. The van der Waals surface area contributed by atoms with E-state index in [1.54, 1.807) is 12.1 Å². The molecule has 0 bridgehead atoms. The van der Waals surface area contributed by atoms with Crippen LogP contribution >= 0.6 is 0 Å². The van der Waals surface area contributed by atoms with Gasteiger partial charge in [-0.05, 0) is 30.5 Å². The first-order chi connectivity index (χ1) is 8.58. The standard InChI is InChI=1S/C13H15NO4/c15-10-4-1-3-9(7-10)8-12(16)14-6-2-5-11(14)13(17)18/h1,3-4,7,11,15H,2,5-6,8H2,(H,17,18)/t11-/m1/s1. The first-order valence-electron chi connectivity index (χ1n) is 5.88. The number of aromatic hydroxyl groups is 1. The number of phenols is 1. The summed E-state index contributed by atoms with van der Waals surface area (Å²) in [6, 6.07) is 5.75. The zero-order valence-electron chi connectivity index (χ0n) is 9.87. The Morgan fingerprint density at radius 3 is 2.83 bits per heavy atom. The Hall–Kier alpha value is -2.04. The van der Waals surface area contributed by atoms with Crippen molar-refractivity contribution in [2.75, 3.05) is 6.54 Å². The molecule has 1 aliphatic rings. The molecular formula is C13H15NO4. The summed E-state index contributed by atoms with van der Waals surface area (Å²) in [5.41, 5.74) is 0.691. The topological polar surface area (TPSA) is 77.8 Å². The highest BCUT2D eigenvalue weighted by molar-refractivity contribution is 5.85. The third kappa shape index (κ3) is 2.61. The Balaban J connectivity index is 2.06. The molecule has 0 saturated carbocycles. The number of rotatable bonds is 3. The van der Waals surface area contributed by atoms with Crippen molar-refractivity contribution in [3.8, 4) is 5.75 Å². The van der Waals surface area contributed by atoms with Crippen LogP contribution in [-0.4, -0.2) is 39.6 Å². The van der Waals surface area contributed by atoms with Gasteiger partial charge in [0, 0.05) is 6.54 Å². The average Bonchev–Trinajstić information content (AvgIpc) is 2.77. The molecule has 1 heterocycles. The Morgan fingerprint density at radius 2 is 2.17 bits per heavy atom. The monoisotopic (exact) mass is 249 g/mol. The van der Waals surface area contributed by atoms with Gasteiger partial charge in [-0.1, -0.05) is 12.1 Å². The van der Waals surface area contributed by atoms with E-state index in [1.165, 1.54) is 17.0 Å². The molecule has 96 valence electrons. The third-order valence-corrected chi connectivity index (χ3v) is 3.12. The van der Waals surface area contributed by atoms with Gasteiger partial charge in [0.1, 0.15) is 11.8 Å². The maximum atomic E-state index is 12.0. The maximum Gasteiger partial charge on any atom is 0.326 e. The number of carbonyl (C=O) groups is 2. The molecule has 1 fully saturated rings. The lowest BCUT2D eigenvalue weighted by molar-refractivity contribution is -0.148. The molecule has 1 aromatic carbocycles. The molecule has 0 unspecified atom stereocenters. The van der Waals surface area contributed by atoms with Gasteiger partial charge in [-0.3, -0.25) is 4.79 Å². The summed E-state index contributed by atoms with van der Waals surface area (Å²) in [7, 11) is 0. The van der Waals surface area contributed by atoms with E-state index in [-0.39, 0.29) is 18.1 Å². The fourth-order valence-corrected chi connectivity index (χ4v) is 2.26. The lowest BCUT2D eigenvalue weighted by atomic mass is 10.1. The normalized spacial score (nSPS) is 18.9. The van der Waals surface area contributed by atoms with E-state index < -0.39 is 12.0 Å². The number of amides is 1. The number of aliphatic carboxylic acids is 1. The minimum atomic E-state index is -0.947. The van der Waals surface area contributed by atoms with Crippen LogP contribution in [0.2, 0.25) is 0 Å². The van der Waals surface area contributed by atoms with Crippen molar-refractivity contribution in [1.82, 2.24) is 4.90 Å². The molecule has 1 saturated heterocycles. The Bertz CT molecular complexity index is 472. The Morgan fingerprint density at radius 1 is 1.39 bits per heavy atom. The molecule has 0 radical (unpaired) electrons. The second-order valence-corrected chi connectivity index (χ2v) is 4.43. The van der Waals surface area contributed by atoms with Crippen LogP contribution in [0.4, 0.5) is 0 Å². The lowest BCUT2D eigenvalue weighted by Gasteiger charge is -2.21. The molecule has 1 aromatic rings. The molecule has 1 atom stereocenters. The van der Waals surface area contributed by atoms with Crippen LogP contribution < -0.4 is 0 Å². The summed E-state index contributed by atoms with van der Waals surface area (Å²) in [4.78, 5) is 24.4. The molecule has 5 heteroatoms. The smallest absolute Gasteiger partial charge is 0.326 e. The summed E-state index contributed by atoms with van der Waals surface area (Å²) < 4.78 is 0. The molecule has 2 rings (SSSR count). The van der Waals surface area contributed by atoms with Crippen LogP contribution in [0, 0.1) is 0 Å². The average molecular weight is 249 g/mol. The third-order valence-electron chi connectivity index (χ3n) is 3.12. The van der Waals surface area contributed by atoms with Gasteiger partial charge in [-0.2, -0.15) is 0 Å². The van der Waals surface area contributed by atoms with Crippen molar-refractivity contribution in [2.45, 2.75) is 25.3 Å². The number of carbonyl (C=O) groups excluding carboxylic acids is 1. The van der Waals surface area contributed by atoms with Crippen molar-refractivity contribution in [3.05, 3.63) is 29.8 Å². The van der Waals surface area contributed by atoms with E-state index in [0.29, 0.717) is 18.5 Å². The van der Waals surface area contributed by atoms with Crippen LogP contribution in [-0.2, 0) is 16.0 Å². The Kier molecular flexibility index (Phi) is 3.50. The largest absolute Gasteiger partial charge is 0.508 e. The van der Waals surface area contributed by atoms with Gasteiger partial charge in [0.05, 0.1) is 6.42 Å². The summed E-state index contributed by atoms with van der Waals surface area (Å²) in [6.07, 6.45) is 1.36. The number of hydrogen-bond acceptors (Lipinski definition) is 3. The van der Waals surface area contributed by atoms with Crippen LogP contribution in [0.1, 0.15) is 18.4 Å². The minimum Gasteiger partial charge on any atom is -0.508 e. The van der Waals surface area contributed by atoms with Gasteiger partial charge < -0.3 is 15.1 Å². The lowest BCUT2D eigenvalue weighted by Crippen LogP contribution is -2.41. The number of benzene rings is 1. The fraction of sp³-hybridized carbons (Fsp3) is 0.385. The van der Waals surface area contributed by atoms with Gasteiger partial charge >= 0.3 is 5.97 Å². The predicted molar refractivity (Wildman–Crippen MR) is 64.2 cm³/mol. The van der Waals surface area contributed by atoms with Crippen LogP contribution in [0.25, 0.3) is 0 Å². The molecule has 5 nitrogen and oxygen atoms in total. The van der Waals surface area contributed by atoms with Crippen molar-refractivity contribution < 1.29 is 19.8 Å². The van der Waals surface area contributed by atoms with Gasteiger partial charge in [0.2, 0.25) is 5.91 Å². The number of carboxylic acids is 1. The van der Waals surface area contributed by atoms with Crippen LogP contribution in [0.15, 0.2) is 24.3 Å². The summed E-state index contributed by atoms with van der Waals surface area (Å²) in [6.45, 7) is 0.495. The van der Waals surface area contributed by atoms with E-state index in [4.69, 9.17) is 5.11 Å². The zero-order valence-corrected chi connectivity index (χ0v) is 9.87. The van der Waals surface area contributed by atoms with Crippen LogP contribution in [0.5, 0.6) is 5.75 Å². The summed E-state index contributed by atoms with van der Waals surface area (Å²) in [5.74, 6) is -1.04. The van der Waals surface area contributed by atoms with Gasteiger partial charge in [0.25, 0.3) is 0 Å². The highest BCUT2D eigenvalue weighted by Crippen LogP contribution is 2.19. The van der Waals surface area contributed by atoms with Crippen molar-refractivity contribution in [1.29, 1.82) is 0 Å². The van der Waals surface area contributed by atoms with E-state index in [9.17, 15) is 14.7 Å². The predicted octanol–water partition coefficient (Wildman–Crippen LogP) is 1.01. The fourth-order valence-electron chi connectivity index (χ4n) is 2.26. The Labute approximate surface area is 105 Å². The number of nitrogens with zero attached hydrogens (tertiary/aromatic N) is 1. The minimum absolute atomic E-state index is 0.108. The first-order valence-corrected chi connectivity index (χ1v) is 5.88. The molecule has 0 aliphatic carbocycles. The highest BCUT2D eigenvalue weighted by Gasteiger charge is 2.33. The molecule has 2 N–H and O–H groups in total.